The van der Waals surface area contributed by atoms with E-state index in [-0.39, 0.29) is 11.7 Å². The van der Waals surface area contributed by atoms with Crippen LogP contribution in [0, 0.1) is 0 Å². The van der Waals surface area contributed by atoms with E-state index in [0.717, 1.165) is 32.9 Å². The van der Waals surface area contributed by atoms with E-state index in [9.17, 15) is 4.79 Å². The molecule has 0 radical (unpaired) electrons. The number of hydrogen-bond donors (Lipinski definition) is 2. The summed E-state index contributed by atoms with van der Waals surface area (Å²) < 4.78 is 6.10. The van der Waals surface area contributed by atoms with Gasteiger partial charge in [-0.1, -0.05) is 84.0 Å². The second kappa shape index (κ2) is 10.6. The van der Waals surface area contributed by atoms with Crippen molar-refractivity contribution in [2.24, 2.45) is 5.10 Å². The Balaban J connectivity index is 1.28. The van der Waals surface area contributed by atoms with Crippen molar-refractivity contribution >= 4 is 57.3 Å². The Hall–Kier alpha value is -3.81. The number of halogens is 1. The zero-order chi connectivity index (χ0) is 24.0. The highest BCUT2D eigenvalue weighted by Crippen LogP contribution is 2.28. The minimum Gasteiger partial charge on any atom is -0.488 e. The number of rotatable bonds is 8. The van der Waals surface area contributed by atoms with Gasteiger partial charge in [0.05, 0.1) is 23.0 Å². The number of fused-ring (bicyclic) bond motifs is 2. The number of nitrogens with zero attached hydrogens (tertiary/aromatic N) is 2. The number of amides is 1. The zero-order valence-electron chi connectivity index (χ0n) is 18.6. The fourth-order valence-electron chi connectivity index (χ4n) is 3.64. The van der Waals surface area contributed by atoms with E-state index in [1.165, 1.54) is 11.8 Å². The number of carbonyl (C=O) groups excluding carboxylic acids is 1. The maximum Gasteiger partial charge on any atom is 0.250 e. The van der Waals surface area contributed by atoms with Gasteiger partial charge in [-0.25, -0.2) is 10.4 Å². The van der Waals surface area contributed by atoms with Crippen molar-refractivity contribution < 1.29 is 9.53 Å². The molecule has 0 saturated heterocycles. The quantitative estimate of drug-likeness (QED) is 0.151. The van der Waals surface area contributed by atoms with Crippen LogP contribution in [0.25, 0.3) is 21.8 Å². The molecule has 0 aliphatic rings. The summed E-state index contributed by atoms with van der Waals surface area (Å²) >= 11 is 7.60. The van der Waals surface area contributed by atoms with E-state index < -0.39 is 0 Å². The number of aromatic nitrogens is 2. The Morgan fingerprint density at radius 1 is 1.03 bits per heavy atom. The van der Waals surface area contributed by atoms with Crippen molar-refractivity contribution in [3.05, 3.63) is 101 Å². The molecule has 0 saturated carbocycles. The average molecular weight is 501 g/mol. The molecule has 2 N–H and O–H groups in total. The number of hydrogen-bond acceptors (Lipinski definition) is 5. The number of aromatic amines is 1. The molecule has 8 heteroatoms. The summed E-state index contributed by atoms with van der Waals surface area (Å²) in [4.78, 5) is 20.1. The number of ether oxygens (including phenoxy) is 1. The lowest BCUT2D eigenvalue weighted by atomic mass is 10.0. The molecule has 174 valence electrons. The van der Waals surface area contributed by atoms with E-state index >= 15 is 0 Å². The van der Waals surface area contributed by atoms with Gasteiger partial charge in [0.25, 0.3) is 5.91 Å². The summed E-state index contributed by atoms with van der Waals surface area (Å²) in [5.74, 6) is 0.603. The van der Waals surface area contributed by atoms with Crippen LogP contribution in [0.4, 0.5) is 0 Å². The van der Waals surface area contributed by atoms with Crippen LogP contribution in [-0.4, -0.2) is 27.8 Å². The van der Waals surface area contributed by atoms with Crippen molar-refractivity contribution in [1.82, 2.24) is 15.4 Å². The number of para-hydroxylation sites is 2. The minimum absolute atomic E-state index is 0.183. The van der Waals surface area contributed by atoms with Gasteiger partial charge < -0.3 is 9.72 Å². The maximum atomic E-state index is 12.4. The Kier molecular flexibility index (Phi) is 6.97. The minimum atomic E-state index is -0.231. The molecule has 35 heavy (non-hydrogen) atoms. The van der Waals surface area contributed by atoms with Crippen LogP contribution in [-0.2, 0) is 11.4 Å². The number of H-pyrrole nitrogens is 1. The number of imidazole rings is 1. The monoisotopic (exact) mass is 500 g/mol. The second-order valence-corrected chi connectivity index (χ2v) is 9.09. The van der Waals surface area contributed by atoms with Gasteiger partial charge in [0.2, 0.25) is 0 Å². The molecular weight excluding hydrogens is 480 g/mol. The first kappa shape index (κ1) is 23.0. The number of benzene rings is 4. The molecule has 0 unspecified atom stereocenters. The third-order valence-corrected chi connectivity index (χ3v) is 6.60. The Morgan fingerprint density at radius 3 is 2.71 bits per heavy atom. The van der Waals surface area contributed by atoms with Crippen LogP contribution in [0.15, 0.2) is 95.2 Å². The normalized spacial score (nSPS) is 11.3. The molecule has 4 aromatic carbocycles. The number of nitrogens with one attached hydrogen (secondary N) is 2. The summed E-state index contributed by atoms with van der Waals surface area (Å²) in [6.07, 6.45) is 1.62. The second-order valence-electron chi connectivity index (χ2n) is 7.72. The molecule has 6 nitrogen and oxygen atoms in total. The molecular formula is C27H21ClN4O2S. The summed E-state index contributed by atoms with van der Waals surface area (Å²) in [6.45, 7) is 0.319. The van der Waals surface area contributed by atoms with Crippen molar-refractivity contribution in [3.63, 3.8) is 0 Å². The number of hydrazone groups is 1. The van der Waals surface area contributed by atoms with Crippen molar-refractivity contribution in [2.45, 2.75) is 11.8 Å². The van der Waals surface area contributed by atoms with Crippen molar-refractivity contribution in [2.75, 3.05) is 5.75 Å². The molecule has 0 spiro atoms. The van der Waals surface area contributed by atoms with Crippen LogP contribution in [0.3, 0.4) is 0 Å². The number of carbonyl (C=O) groups is 1. The van der Waals surface area contributed by atoms with Gasteiger partial charge in [0.1, 0.15) is 12.4 Å². The standard InChI is InChI=1S/C27H21ClN4O2S/c28-22-10-4-2-8-19(22)16-34-25-14-13-18-7-1-3-9-20(18)21(25)15-29-32-26(33)17-35-27-30-23-11-5-6-12-24(23)31-27/h1-15H,16-17H2,(H,30,31)(H,32,33)/b29-15-. The largest absolute Gasteiger partial charge is 0.488 e. The molecule has 1 heterocycles. The summed E-state index contributed by atoms with van der Waals surface area (Å²) in [6, 6.07) is 27.2. The highest BCUT2D eigenvalue weighted by atomic mass is 35.5. The highest BCUT2D eigenvalue weighted by molar-refractivity contribution is 7.99. The SMILES string of the molecule is O=C(CSc1nc2ccccc2[nH]1)N/N=C\c1c(OCc2ccccc2Cl)ccc2ccccc12. The molecule has 5 rings (SSSR count). The van der Waals surface area contributed by atoms with Gasteiger partial charge in [0.15, 0.2) is 5.16 Å². The molecule has 1 amide bonds. The van der Waals surface area contributed by atoms with Crippen LogP contribution in [0.5, 0.6) is 5.75 Å². The fourth-order valence-corrected chi connectivity index (χ4v) is 4.51. The third-order valence-electron chi connectivity index (χ3n) is 5.36. The first-order valence-electron chi connectivity index (χ1n) is 10.9. The molecule has 5 aromatic rings. The van der Waals surface area contributed by atoms with Crippen LogP contribution in [0.2, 0.25) is 5.02 Å². The summed E-state index contributed by atoms with van der Waals surface area (Å²) in [7, 11) is 0. The van der Waals surface area contributed by atoms with Gasteiger partial charge >= 0.3 is 0 Å². The number of thioether (sulfide) groups is 1. The lowest BCUT2D eigenvalue weighted by Gasteiger charge is -2.12. The van der Waals surface area contributed by atoms with Gasteiger partial charge in [-0.2, -0.15) is 5.10 Å². The Labute approximate surface area is 211 Å². The molecule has 1 aromatic heterocycles. The molecule has 0 bridgehead atoms. The van der Waals surface area contributed by atoms with E-state index in [4.69, 9.17) is 16.3 Å². The van der Waals surface area contributed by atoms with E-state index in [2.05, 4.69) is 20.5 Å². The first-order chi connectivity index (χ1) is 17.2. The van der Waals surface area contributed by atoms with E-state index in [1.807, 2.05) is 84.9 Å². The van der Waals surface area contributed by atoms with Crippen molar-refractivity contribution in [3.8, 4) is 5.75 Å². The highest BCUT2D eigenvalue weighted by Gasteiger charge is 2.10. The summed E-state index contributed by atoms with van der Waals surface area (Å²) in [5.41, 5.74) is 6.08. The van der Waals surface area contributed by atoms with E-state index in [1.54, 1.807) is 6.21 Å². The van der Waals surface area contributed by atoms with Gasteiger partial charge in [-0.05, 0) is 35.0 Å². The van der Waals surface area contributed by atoms with Crippen molar-refractivity contribution in [1.29, 1.82) is 0 Å². The molecule has 0 aliphatic carbocycles. The zero-order valence-corrected chi connectivity index (χ0v) is 20.1. The predicted octanol–water partition coefficient (Wildman–Crippen LogP) is 6.19. The topological polar surface area (TPSA) is 79.4 Å². The van der Waals surface area contributed by atoms with Crippen LogP contribution < -0.4 is 10.2 Å². The third kappa shape index (κ3) is 5.48. The van der Waals surface area contributed by atoms with E-state index in [0.29, 0.717) is 22.5 Å². The van der Waals surface area contributed by atoms with Gasteiger partial charge in [-0.3, -0.25) is 4.79 Å². The predicted molar refractivity (Wildman–Crippen MR) is 142 cm³/mol. The average Bonchev–Trinajstić information content (AvgIpc) is 3.31. The maximum absolute atomic E-state index is 12.4. The summed E-state index contributed by atoms with van der Waals surface area (Å²) in [5, 5.41) is 7.56. The smallest absolute Gasteiger partial charge is 0.250 e. The Bertz CT molecular complexity index is 1500. The first-order valence-corrected chi connectivity index (χ1v) is 12.3. The lowest BCUT2D eigenvalue weighted by Crippen LogP contribution is -2.19. The molecule has 0 fully saturated rings. The van der Waals surface area contributed by atoms with Crippen LogP contribution >= 0.6 is 23.4 Å². The van der Waals surface area contributed by atoms with Gasteiger partial charge in [0, 0.05) is 16.1 Å². The van der Waals surface area contributed by atoms with Gasteiger partial charge in [-0.15, -0.1) is 0 Å². The molecule has 0 atom stereocenters. The Morgan fingerprint density at radius 2 is 1.83 bits per heavy atom. The van der Waals surface area contributed by atoms with Crippen LogP contribution in [0.1, 0.15) is 11.1 Å². The fraction of sp³-hybridized carbons (Fsp3) is 0.0741. The molecule has 0 aliphatic heterocycles. The lowest BCUT2D eigenvalue weighted by molar-refractivity contribution is -0.118.